The third-order valence-electron chi connectivity index (χ3n) is 4.94. The number of rotatable bonds is 4. The van der Waals surface area contributed by atoms with Gasteiger partial charge in [-0.2, -0.15) is 0 Å². The number of hydrogen-bond acceptors (Lipinski definition) is 5. The highest BCUT2D eigenvalue weighted by Crippen LogP contribution is 2.31. The summed E-state index contributed by atoms with van der Waals surface area (Å²) >= 11 is 1.67. The molecule has 0 aliphatic carbocycles. The largest absolute Gasteiger partial charge is 0.354 e. The lowest BCUT2D eigenvalue weighted by atomic mass is 10.2. The van der Waals surface area contributed by atoms with Crippen LogP contribution < -0.4 is 10.6 Å². The summed E-state index contributed by atoms with van der Waals surface area (Å²) in [5, 5.41) is 6.67. The van der Waals surface area contributed by atoms with E-state index in [0.717, 1.165) is 21.8 Å². The van der Waals surface area contributed by atoms with Gasteiger partial charge in [-0.1, -0.05) is 6.07 Å². The van der Waals surface area contributed by atoms with Crippen LogP contribution in [0.15, 0.2) is 42.5 Å². The Bertz CT molecular complexity index is 1030. The van der Waals surface area contributed by atoms with E-state index in [1.807, 2.05) is 42.2 Å². The summed E-state index contributed by atoms with van der Waals surface area (Å²) in [7, 11) is 0. The average molecular weight is 395 g/mol. The fourth-order valence-corrected chi connectivity index (χ4v) is 4.32. The van der Waals surface area contributed by atoms with Crippen LogP contribution in [-0.2, 0) is 9.59 Å². The molecule has 1 aliphatic heterocycles. The zero-order valence-corrected chi connectivity index (χ0v) is 16.7. The normalized spacial score (nSPS) is 16.0. The number of piperazine rings is 1. The average Bonchev–Trinajstić information content (AvgIpc) is 3.11. The predicted molar refractivity (Wildman–Crippen MR) is 112 cm³/mol. The molecule has 2 N–H and O–H groups in total. The molecule has 0 radical (unpaired) electrons. The number of benzene rings is 2. The van der Waals surface area contributed by atoms with Gasteiger partial charge in [0.25, 0.3) is 0 Å². The Morgan fingerprint density at radius 2 is 2.04 bits per heavy atom. The molecule has 2 amide bonds. The molecule has 1 aliphatic rings. The molecule has 3 aromatic rings. The Morgan fingerprint density at radius 3 is 2.79 bits per heavy atom. The molecule has 7 heteroatoms. The fourth-order valence-electron chi connectivity index (χ4n) is 3.25. The second-order valence-corrected chi connectivity index (χ2v) is 8.08. The van der Waals surface area contributed by atoms with E-state index in [2.05, 4.69) is 29.7 Å². The molecule has 6 nitrogen and oxygen atoms in total. The maximum Gasteiger partial charge on any atom is 0.241 e. The number of carbonyl (C=O) groups is 2. The summed E-state index contributed by atoms with van der Waals surface area (Å²) in [6, 6.07) is 13.6. The topological polar surface area (TPSA) is 74.3 Å². The van der Waals surface area contributed by atoms with E-state index in [-0.39, 0.29) is 24.4 Å². The molecule has 28 heavy (non-hydrogen) atoms. The number of amides is 2. The molecular formula is C21H22N4O2S. The van der Waals surface area contributed by atoms with Crippen LogP contribution in [0.25, 0.3) is 20.8 Å². The molecule has 4 rings (SSSR count). The molecule has 0 bridgehead atoms. The zero-order valence-electron chi connectivity index (χ0n) is 15.9. The van der Waals surface area contributed by atoms with E-state index in [0.29, 0.717) is 13.1 Å². The van der Waals surface area contributed by atoms with Crippen LogP contribution in [0.4, 0.5) is 5.69 Å². The number of thiazole rings is 1. The summed E-state index contributed by atoms with van der Waals surface area (Å²) < 4.78 is 1.17. The van der Waals surface area contributed by atoms with E-state index >= 15 is 0 Å². The molecule has 2 heterocycles. The molecule has 0 unspecified atom stereocenters. The van der Waals surface area contributed by atoms with Crippen molar-refractivity contribution < 1.29 is 9.59 Å². The van der Waals surface area contributed by atoms with Crippen molar-refractivity contribution in [3.63, 3.8) is 0 Å². The lowest BCUT2D eigenvalue weighted by Gasteiger charge is -2.31. The maximum absolute atomic E-state index is 12.5. The number of aryl methyl sites for hydroxylation is 1. The van der Waals surface area contributed by atoms with Gasteiger partial charge in [-0.25, -0.2) is 4.98 Å². The van der Waals surface area contributed by atoms with Crippen LogP contribution in [0.3, 0.4) is 0 Å². The van der Waals surface area contributed by atoms with Gasteiger partial charge < -0.3 is 10.6 Å². The number of aromatic nitrogens is 1. The van der Waals surface area contributed by atoms with Crippen LogP contribution in [-0.4, -0.2) is 47.4 Å². The third-order valence-corrected chi connectivity index (χ3v) is 6.01. The van der Waals surface area contributed by atoms with Gasteiger partial charge in [0.05, 0.1) is 22.8 Å². The summed E-state index contributed by atoms with van der Waals surface area (Å²) in [6.45, 7) is 5.41. The lowest BCUT2D eigenvalue weighted by molar-refractivity contribution is -0.127. The zero-order chi connectivity index (χ0) is 19.7. The third kappa shape index (κ3) is 3.90. The van der Waals surface area contributed by atoms with Crippen molar-refractivity contribution >= 4 is 39.1 Å². The maximum atomic E-state index is 12.5. The van der Waals surface area contributed by atoms with Crippen LogP contribution in [0.5, 0.6) is 0 Å². The molecule has 1 atom stereocenters. The Balaban J connectivity index is 1.45. The minimum atomic E-state index is -0.363. The van der Waals surface area contributed by atoms with E-state index in [4.69, 9.17) is 4.98 Å². The van der Waals surface area contributed by atoms with E-state index < -0.39 is 0 Å². The summed E-state index contributed by atoms with van der Waals surface area (Å²) in [5.41, 5.74) is 3.99. The van der Waals surface area contributed by atoms with Gasteiger partial charge in [-0.05, 0) is 55.8 Å². The highest BCUT2D eigenvalue weighted by molar-refractivity contribution is 7.21. The van der Waals surface area contributed by atoms with Crippen molar-refractivity contribution in [1.29, 1.82) is 0 Å². The van der Waals surface area contributed by atoms with E-state index in [1.165, 1.54) is 10.3 Å². The first kappa shape index (κ1) is 18.6. The Kier molecular flexibility index (Phi) is 5.11. The number of anilines is 1. The van der Waals surface area contributed by atoms with Gasteiger partial charge in [0.1, 0.15) is 5.01 Å². The van der Waals surface area contributed by atoms with Crippen molar-refractivity contribution in [2.75, 3.05) is 25.0 Å². The molecule has 1 saturated heterocycles. The Labute approximate surface area is 167 Å². The minimum absolute atomic E-state index is 0.0405. The van der Waals surface area contributed by atoms with Crippen molar-refractivity contribution in [2.45, 2.75) is 19.9 Å². The van der Waals surface area contributed by atoms with Crippen LogP contribution in [0.1, 0.15) is 12.5 Å². The Hall–Kier alpha value is -2.77. The van der Waals surface area contributed by atoms with Gasteiger partial charge in [-0.3, -0.25) is 14.5 Å². The summed E-state index contributed by atoms with van der Waals surface area (Å²) in [4.78, 5) is 30.6. The van der Waals surface area contributed by atoms with Crippen molar-refractivity contribution in [1.82, 2.24) is 15.2 Å². The first-order valence-electron chi connectivity index (χ1n) is 9.29. The smallest absolute Gasteiger partial charge is 0.241 e. The molecule has 1 fully saturated rings. The number of nitrogens with one attached hydrogen (secondary N) is 2. The van der Waals surface area contributed by atoms with Crippen molar-refractivity contribution in [3.05, 3.63) is 48.0 Å². The van der Waals surface area contributed by atoms with Gasteiger partial charge in [0.2, 0.25) is 11.8 Å². The van der Waals surface area contributed by atoms with E-state index in [1.54, 1.807) is 11.3 Å². The summed E-state index contributed by atoms with van der Waals surface area (Å²) in [6.07, 6.45) is 0. The van der Waals surface area contributed by atoms with Crippen LogP contribution >= 0.6 is 11.3 Å². The van der Waals surface area contributed by atoms with E-state index in [9.17, 15) is 9.59 Å². The first-order chi connectivity index (χ1) is 13.5. The van der Waals surface area contributed by atoms with Crippen molar-refractivity contribution in [3.8, 4) is 10.6 Å². The lowest BCUT2D eigenvalue weighted by Crippen LogP contribution is -2.53. The number of hydrogen-bond donors (Lipinski definition) is 2. The van der Waals surface area contributed by atoms with Gasteiger partial charge in [0.15, 0.2) is 0 Å². The summed E-state index contributed by atoms with van der Waals surface area (Å²) in [5.74, 6) is -0.154. The second-order valence-electron chi connectivity index (χ2n) is 7.05. The molecule has 2 aromatic carbocycles. The number of fused-ring (bicyclic) bond motifs is 1. The molecule has 1 aromatic heterocycles. The second kappa shape index (κ2) is 7.69. The first-order valence-corrected chi connectivity index (χ1v) is 10.1. The van der Waals surface area contributed by atoms with Crippen molar-refractivity contribution in [2.24, 2.45) is 0 Å². The highest BCUT2D eigenvalue weighted by Gasteiger charge is 2.25. The molecule has 144 valence electrons. The van der Waals surface area contributed by atoms with Gasteiger partial charge in [-0.15, -0.1) is 11.3 Å². The molecule has 0 saturated carbocycles. The monoisotopic (exact) mass is 394 g/mol. The van der Waals surface area contributed by atoms with Crippen LogP contribution in [0.2, 0.25) is 0 Å². The number of carbonyl (C=O) groups excluding carboxylic acids is 2. The Morgan fingerprint density at radius 1 is 1.25 bits per heavy atom. The predicted octanol–water partition coefficient (Wildman–Crippen LogP) is 3.03. The van der Waals surface area contributed by atoms with Crippen LogP contribution in [0, 0.1) is 6.92 Å². The fraction of sp³-hybridized carbons (Fsp3) is 0.286. The van der Waals surface area contributed by atoms with Gasteiger partial charge in [0, 0.05) is 24.3 Å². The minimum Gasteiger partial charge on any atom is -0.354 e. The molecular weight excluding hydrogens is 372 g/mol. The standard InChI is InChI=1S/C21H22N4O2S/c1-13-3-8-17-18(11-13)28-21(24-17)15-4-6-16(7-5-15)23-20(27)14(2)25-10-9-22-19(26)12-25/h3-8,11,14H,9-10,12H2,1-2H3,(H,22,26)(H,23,27)/t14-/m1/s1. The SMILES string of the molecule is Cc1ccc2nc(-c3ccc(NC(=O)[C@@H](C)N4CCNC(=O)C4)cc3)sc2c1. The quantitative estimate of drug-likeness (QED) is 0.713. The van der Waals surface area contributed by atoms with Gasteiger partial charge >= 0.3 is 0 Å². The number of nitrogens with zero attached hydrogens (tertiary/aromatic N) is 2. The highest BCUT2D eigenvalue weighted by atomic mass is 32.1. The molecule has 0 spiro atoms.